The van der Waals surface area contributed by atoms with Crippen LogP contribution in [0, 0.1) is 0 Å². The molecule has 0 aromatic heterocycles. The molecule has 18 heavy (non-hydrogen) atoms. The summed E-state index contributed by atoms with van der Waals surface area (Å²) in [5.74, 6) is 6.56. The molecule has 1 aromatic carbocycles. The van der Waals surface area contributed by atoms with Gasteiger partial charge in [-0.1, -0.05) is 6.07 Å². The Kier molecular flexibility index (Phi) is 4.41. The van der Waals surface area contributed by atoms with Gasteiger partial charge in [0.15, 0.2) is 11.5 Å². The smallest absolute Gasteiger partial charge is 0.161 e. The van der Waals surface area contributed by atoms with E-state index in [2.05, 4.69) is 16.8 Å². The lowest BCUT2D eigenvalue weighted by atomic mass is 10.2. The first kappa shape index (κ1) is 13.1. The third kappa shape index (κ3) is 3.13. The zero-order valence-corrected chi connectivity index (χ0v) is 10.9. The second kappa shape index (κ2) is 6.04. The summed E-state index contributed by atoms with van der Waals surface area (Å²) in [5.41, 5.74) is 0.963. The summed E-state index contributed by atoms with van der Waals surface area (Å²) in [6.07, 6.45) is 1.29. The van der Waals surface area contributed by atoms with Crippen LogP contribution in [0.25, 0.3) is 0 Å². The molecule has 1 heterocycles. The van der Waals surface area contributed by atoms with Crippen molar-refractivity contribution in [3.8, 4) is 11.5 Å². The van der Waals surface area contributed by atoms with Crippen molar-refractivity contribution in [2.45, 2.75) is 19.1 Å². The summed E-state index contributed by atoms with van der Waals surface area (Å²) in [7, 11) is 3.73. The van der Waals surface area contributed by atoms with E-state index < -0.39 is 0 Å². The SMILES string of the molecule is COc1cc(CON)ccc1OC1CCN(C)C1. The van der Waals surface area contributed by atoms with Gasteiger partial charge in [-0.2, -0.15) is 0 Å². The van der Waals surface area contributed by atoms with Crippen LogP contribution in [0.3, 0.4) is 0 Å². The fourth-order valence-electron chi connectivity index (χ4n) is 2.17. The van der Waals surface area contributed by atoms with Gasteiger partial charge in [0.25, 0.3) is 0 Å². The van der Waals surface area contributed by atoms with Gasteiger partial charge in [-0.05, 0) is 31.2 Å². The molecule has 5 nitrogen and oxygen atoms in total. The quantitative estimate of drug-likeness (QED) is 0.797. The first-order valence-corrected chi connectivity index (χ1v) is 6.06. The highest BCUT2D eigenvalue weighted by Crippen LogP contribution is 2.30. The van der Waals surface area contributed by atoms with E-state index in [1.165, 1.54) is 0 Å². The number of rotatable bonds is 5. The lowest BCUT2D eigenvalue weighted by molar-refractivity contribution is 0.123. The van der Waals surface area contributed by atoms with Crippen molar-refractivity contribution >= 4 is 0 Å². The van der Waals surface area contributed by atoms with Gasteiger partial charge < -0.3 is 14.4 Å². The number of nitrogens with zero attached hydrogens (tertiary/aromatic N) is 1. The number of nitrogens with two attached hydrogens (primary N) is 1. The van der Waals surface area contributed by atoms with Crippen molar-refractivity contribution in [3.63, 3.8) is 0 Å². The molecular weight excluding hydrogens is 232 g/mol. The monoisotopic (exact) mass is 252 g/mol. The van der Waals surface area contributed by atoms with Gasteiger partial charge >= 0.3 is 0 Å². The van der Waals surface area contributed by atoms with Crippen LogP contribution in [0.15, 0.2) is 18.2 Å². The highest BCUT2D eigenvalue weighted by atomic mass is 16.6. The van der Waals surface area contributed by atoms with Gasteiger partial charge in [0.05, 0.1) is 13.7 Å². The predicted octanol–water partition coefficient (Wildman–Crippen LogP) is 1.17. The molecule has 1 unspecified atom stereocenters. The van der Waals surface area contributed by atoms with E-state index in [1.54, 1.807) is 7.11 Å². The predicted molar refractivity (Wildman–Crippen MR) is 68.5 cm³/mol. The molecular formula is C13H20N2O3. The van der Waals surface area contributed by atoms with Gasteiger partial charge in [-0.25, -0.2) is 5.90 Å². The second-order valence-corrected chi connectivity index (χ2v) is 4.59. The standard InChI is InChI=1S/C13H20N2O3/c1-15-6-5-11(8-15)18-12-4-3-10(9-17-14)7-13(12)16-2/h3-4,7,11H,5-6,8-9,14H2,1-2H3. The molecule has 2 rings (SSSR count). The summed E-state index contributed by atoms with van der Waals surface area (Å²) in [5, 5.41) is 0. The van der Waals surface area contributed by atoms with Crippen LogP contribution in [0.5, 0.6) is 11.5 Å². The molecule has 0 saturated carbocycles. The third-order valence-corrected chi connectivity index (χ3v) is 3.12. The Bertz CT molecular complexity index is 398. The van der Waals surface area contributed by atoms with Gasteiger partial charge in [0, 0.05) is 13.1 Å². The van der Waals surface area contributed by atoms with Gasteiger partial charge in [-0.3, -0.25) is 4.84 Å². The Morgan fingerprint density at radius 1 is 1.39 bits per heavy atom. The van der Waals surface area contributed by atoms with E-state index in [1.807, 2.05) is 18.2 Å². The fourth-order valence-corrected chi connectivity index (χ4v) is 2.17. The number of likely N-dealkylation sites (tertiary alicyclic amines) is 1. The minimum absolute atomic E-state index is 0.237. The number of ether oxygens (including phenoxy) is 2. The molecule has 0 spiro atoms. The van der Waals surface area contributed by atoms with E-state index in [4.69, 9.17) is 15.4 Å². The van der Waals surface area contributed by atoms with Crippen LogP contribution < -0.4 is 15.4 Å². The van der Waals surface area contributed by atoms with Crippen molar-refractivity contribution in [1.29, 1.82) is 0 Å². The average molecular weight is 252 g/mol. The zero-order chi connectivity index (χ0) is 13.0. The molecule has 1 aromatic rings. The first-order valence-electron chi connectivity index (χ1n) is 6.06. The molecule has 5 heteroatoms. The molecule has 1 saturated heterocycles. The maximum atomic E-state index is 5.96. The minimum atomic E-state index is 0.237. The first-order chi connectivity index (χ1) is 8.72. The number of hydrogen-bond donors (Lipinski definition) is 1. The maximum absolute atomic E-state index is 5.96. The van der Waals surface area contributed by atoms with Crippen LogP contribution in [0.1, 0.15) is 12.0 Å². The van der Waals surface area contributed by atoms with Crippen molar-refractivity contribution in [1.82, 2.24) is 4.90 Å². The topological polar surface area (TPSA) is 57.0 Å². The average Bonchev–Trinajstić information content (AvgIpc) is 2.77. The largest absolute Gasteiger partial charge is 0.493 e. The molecule has 2 N–H and O–H groups in total. The third-order valence-electron chi connectivity index (χ3n) is 3.12. The molecule has 0 radical (unpaired) electrons. The van der Waals surface area contributed by atoms with Crippen molar-refractivity contribution in [2.75, 3.05) is 27.2 Å². The van der Waals surface area contributed by atoms with Gasteiger partial charge in [-0.15, -0.1) is 0 Å². The van der Waals surface area contributed by atoms with Crippen LogP contribution in [-0.4, -0.2) is 38.3 Å². The van der Waals surface area contributed by atoms with Crippen molar-refractivity contribution in [3.05, 3.63) is 23.8 Å². The summed E-state index contributed by atoms with van der Waals surface area (Å²) >= 11 is 0. The fraction of sp³-hybridized carbons (Fsp3) is 0.538. The van der Waals surface area contributed by atoms with E-state index in [-0.39, 0.29) is 6.10 Å². The van der Waals surface area contributed by atoms with E-state index in [0.29, 0.717) is 6.61 Å². The Hall–Kier alpha value is -1.30. The summed E-state index contributed by atoms with van der Waals surface area (Å²) in [6.45, 7) is 2.39. The number of likely N-dealkylation sites (N-methyl/N-ethyl adjacent to an activating group) is 1. The summed E-state index contributed by atoms with van der Waals surface area (Å²) in [4.78, 5) is 6.87. The minimum Gasteiger partial charge on any atom is -0.493 e. The zero-order valence-electron chi connectivity index (χ0n) is 10.9. The van der Waals surface area contributed by atoms with Crippen LogP contribution in [0.4, 0.5) is 0 Å². The van der Waals surface area contributed by atoms with Crippen LogP contribution in [-0.2, 0) is 11.4 Å². The Labute approximate surface area is 107 Å². The van der Waals surface area contributed by atoms with Crippen molar-refractivity contribution in [2.24, 2.45) is 5.90 Å². The Balaban J connectivity index is 2.07. The number of benzene rings is 1. The lowest BCUT2D eigenvalue weighted by Crippen LogP contribution is -2.21. The molecule has 0 amide bonds. The lowest BCUT2D eigenvalue weighted by Gasteiger charge is -2.16. The molecule has 0 aliphatic carbocycles. The molecule has 1 fully saturated rings. The second-order valence-electron chi connectivity index (χ2n) is 4.59. The molecule has 1 aliphatic heterocycles. The maximum Gasteiger partial charge on any atom is 0.161 e. The van der Waals surface area contributed by atoms with Crippen LogP contribution >= 0.6 is 0 Å². The highest BCUT2D eigenvalue weighted by Gasteiger charge is 2.22. The Morgan fingerprint density at radius 3 is 2.83 bits per heavy atom. The summed E-state index contributed by atoms with van der Waals surface area (Å²) < 4.78 is 11.3. The van der Waals surface area contributed by atoms with E-state index >= 15 is 0 Å². The van der Waals surface area contributed by atoms with Gasteiger partial charge in [0.1, 0.15) is 6.10 Å². The highest BCUT2D eigenvalue weighted by molar-refractivity contribution is 5.43. The van der Waals surface area contributed by atoms with E-state index in [9.17, 15) is 0 Å². The number of methoxy groups -OCH3 is 1. The van der Waals surface area contributed by atoms with Crippen molar-refractivity contribution < 1.29 is 14.3 Å². The molecule has 1 aliphatic rings. The molecule has 0 bridgehead atoms. The Morgan fingerprint density at radius 2 is 2.22 bits per heavy atom. The molecule has 100 valence electrons. The summed E-state index contributed by atoms with van der Waals surface area (Å²) in [6, 6.07) is 5.73. The normalized spacial score (nSPS) is 20.1. The van der Waals surface area contributed by atoms with E-state index in [0.717, 1.165) is 36.6 Å². The van der Waals surface area contributed by atoms with Gasteiger partial charge in [0.2, 0.25) is 0 Å². The number of hydrogen-bond acceptors (Lipinski definition) is 5. The molecule has 1 atom stereocenters. The van der Waals surface area contributed by atoms with Crippen LogP contribution in [0.2, 0.25) is 0 Å².